The van der Waals surface area contributed by atoms with Crippen LogP contribution in [-0.2, 0) is 55.2 Å². The summed E-state index contributed by atoms with van der Waals surface area (Å²) in [5.74, 6) is -6.27. The Kier molecular flexibility index (Phi) is 21.3. The van der Waals surface area contributed by atoms with Gasteiger partial charge in [-0.15, -0.1) is 0 Å². The Balaban J connectivity index is 1.56. The highest BCUT2D eigenvalue weighted by Gasteiger charge is 2.38. The molecule has 18 heteroatoms. The topological polar surface area (TPSA) is 260 Å². The highest BCUT2D eigenvalue weighted by atomic mass is 31.2. The number of aromatic nitrogens is 2. The van der Waals surface area contributed by atoms with Gasteiger partial charge in [0.05, 0.1) is 43.5 Å². The molecule has 7 atom stereocenters. The summed E-state index contributed by atoms with van der Waals surface area (Å²) in [4.78, 5) is 97.7. The van der Waals surface area contributed by atoms with Crippen molar-refractivity contribution in [2.75, 3.05) is 19.8 Å². The zero-order chi connectivity index (χ0) is 44.2. The minimum absolute atomic E-state index is 0.0116. The Bertz CT molecular complexity index is 1730. The molecule has 334 valence electrons. The number of aromatic amines is 1. The average Bonchev–Trinajstić information content (AvgIpc) is 3.91. The number of hydrogen-bond acceptors (Lipinski definition) is 11. The third-order valence-electron chi connectivity index (χ3n) is 10.7. The van der Waals surface area contributed by atoms with E-state index in [1.54, 1.807) is 0 Å². The van der Waals surface area contributed by atoms with Crippen LogP contribution in [0.5, 0.6) is 0 Å². The van der Waals surface area contributed by atoms with Crippen LogP contribution >= 0.6 is 7.82 Å². The van der Waals surface area contributed by atoms with Crippen molar-refractivity contribution in [1.29, 1.82) is 0 Å². The number of unbranched alkanes of at least 4 members (excludes halogenated alkanes) is 5. The Morgan fingerprint density at radius 2 is 1.63 bits per heavy atom. The van der Waals surface area contributed by atoms with Gasteiger partial charge in [0.1, 0.15) is 12.1 Å². The van der Waals surface area contributed by atoms with Gasteiger partial charge in [0.2, 0.25) is 23.6 Å². The number of carbonyl (C=O) groups is 6. The number of H-pyrrole nitrogens is 1. The third kappa shape index (κ3) is 17.4. The maximum atomic E-state index is 13.8. The lowest BCUT2D eigenvalue weighted by atomic mass is 9.89. The summed E-state index contributed by atoms with van der Waals surface area (Å²) in [5, 5.41) is 15.5. The van der Waals surface area contributed by atoms with E-state index in [1.165, 1.54) is 36.8 Å². The number of ketones is 2. The van der Waals surface area contributed by atoms with Crippen LogP contribution < -0.4 is 16.4 Å². The molecule has 7 N–H and O–H groups in total. The third-order valence-corrected chi connectivity index (χ3v) is 11.8. The fraction of sp³-hybridized carbons (Fsp3) is 0.643. The Morgan fingerprint density at radius 3 is 2.25 bits per heavy atom. The lowest BCUT2D eigenvalue weighted by Gasteiger charge is -2.27. The zero-order valence-corrected chi connectivity index (χ0v) is 36.3. The number of imidazole rings is 1. The smallest absolute Gasteiger partial charge is 0.394 e. The van der Waals surface area contributed by atoms with E-state index in [1.807, 2.05) is 32.0 Å². The second kappa shape index (κ2) is 25.5. The number of nitrogens with zero attached hydrogens (tertiary/aromatic N) is 2. The summed E-state index contributed by atoms with van der Waals surface area (Å²) >= 11 is 0. The molecule has 4 amide bonds. The molecule has 2 heterocycles. The maximum absolute atomic E-state index is 13.8. The molecule has 0 bridgehead atoms. The number of aliphatic hydroxyl groups is 1. The van der Waals surface area contributed by atoms with Crippen molar-refractivity contribution >= 4 is 43.0 Å². The first kappa shape index (κ1) is 50.1. The fourth-order valence-corrected chi connectivity index (χ4v) is 8.37. The molecule has 3 rings (SSSR count). The number of phosphoric acid groups is 1. The molecule has 0 spiro atoms. The van der Waals surface area contributed by atoms with Gasteiger partial charge in [-0.1, -0.05) is 69.9 Å². The molecular formula is C42H65N6O11P. The highest BCUT2D eigenvalue weighted by Crippen LogP contribution is 2.46. The number of likely N-dealkylation sites (tertiary alicyclic amines) is 1. The van der Waals surface area contributed by atoms with Crippen molar-refractivity contribution in [3.05, 3.63) is 54.1 Å². The minimum atomic E-state index is -4.66. The van der Waals surface area contributed by atoms with E-state index in [-0.39, 0.29) is 37.7 Å². The maximum Gasteiger partial charge on any atom is 0.472 e. The van der Waals surface area contributed by atoms with Crippen molar-refractivity contribution in [3.8, 4) is 0 Å². The second-order valence-electron chi connectivity index (χ2n) is 16.1. The number of aryl methyl sites for hydroxylation is 1. The van der Waals surface area contributed by atoms with Gasteiger partial charge in [-0.05, 0) is 56.9 Å². The summed E-state index contributed by atoms with van der Waals surface area (Å²) in [6, 6.07) is 7.04. The quantitative estimate of drug-likeness (QED) is 0.0506. The van der Waals surface area contributed by atoms with Crippen LogP contribution in [0.25, 0.3) is 0 Å². The number of Topliss-reactive ketones (excluding diaryl/α,β-unsaturated/α-hetero) is 2. The van der Waals surface area contributed by atoms with Crippen LogP contribution in [0.3, 0.4) is 0 Å². The van der Waals surface area contributed by atoms with Gasteiger partial charge in [0, 0.05) is 44.6 Å². The average molecular weight is 861 g/mol. The molecule has 1 fully saturated rings. The number of carbonyl (C=O) groups excluding carboxylic acids is 6. The molecule has 1 aromatic heterocycles. The SMILES string of the molecule is CC(=O)N1CCC[C@H]1C(=O)N[C@@H](CC(C)C)C(=O)C[C@@H](Cc1cnc[nH]1)C(=O)N[C@@H](CO)C(=O)C[C@H](C(N)=O)[C@@H](C)OP(=O)(O)OCCCCCCCCc1ccccc1. The van der Waals surface area contributed by atoms with Crippen molar-refractivity contribution in [3.63, 3.8) is 0 Å². The van der Waals surface area contributed by atoms with Gasteiger partial charge in [0.15, 0.2) is 11.6 Å². The van der Waals surface area contributed by atoms with E-state index in [0.717, 1.165) is 38.5 Å². The number of hydrogen-bond donors (Lipinski definition) is 6. The molecule has 0 aliphatic carbocycles. The molecule has 0 radical (unpaired) electrons. The van der Waals surface area contributed by atoms with E-state index < -0.39 is 86.2 Å². The zero-order valence-electron chi connectivity index (χ0n) is 35.4. The van der Waals surface area contributed by atoms with Gasteiger partial charge < -0.3 is 36.3 Å². The molecule has 2 aromatic rings. The normalized spacial score (nSPS) is 17.6. The predicted molar refractivity (Wildman–Crippen MR) is 223 cm³/mol. The van der Waals surface area contributed by atoms with Crippen LogP contribution in [0, 0.1) is 17.8 Å². The van der Waals surface area contributed by atoms with Crippen molar-refractivity contribution in [2.45, 2.75) is 135 Å². The second-order valence-corrected chi connectivity index (χ2v) is 17.5. The minimum Gasteiger partial charge on any atom is -0.394 e. The molecular weight excluding hydrogens is 795 g/mol. The lowest BCUT2D eigenvalue weighted by Crippen LogP contribution is -2.52. The number of nitrogens with one attached hydrogen (secondary N) is 3. The molecule has 1 aliphatic rings. The number of nitrogens with two attached hydrogens (primary N) is 1. The first-order valence-corrected chi connectivity index (χ1v) is 22.5. The van der Waals surface area contributed by atoms with Crippen LogP contribution in [-0.4, -0.2) is 104 Å². The number of aliphatic hydroxyl groups excluding tert-OH is 1. The predicted octanol–water partition coefficient (Wildman–Crippen LogP) is 3.71. The van der Waals surface area contributed by atoms with Gasteiger partial charge in [-0.25, -0.2) is 9.55 Å². The molecule has 1 aromatic carbocycles. The van der Waals surface area contributed by atoms with Crippen molar-refractivity contribution in [2.24, 2.45) is 23.5 Å². The Hall–Kier alpha value is -4.28. The monoisotopic (exact) mass is 860 g/mol. The Morgan fingerprint density at radius 1 is 0.967 bits per heavy atom. The number of phosphoric ester groups is 1. The van der Waals surface area contributed by atoms with Crippen molar-refractivity contribution < 1.29 is 52.4 Å². The highest BCUT2D eigenvalue weighted by molar-refractivity contribution is 7.47. The van der Waals surface area contributed by atoms with Crippen molar-refractivity contribution in [1.82, 2.24) is 25.5 Å². The van der Waals surface area contributed by atoms with E-state index >= 15 is 0 Å². The van der Waals surface area contributed by atoms with Crippen LogP contribution in [0.2, 0.25) is 0 Å². The van der Waals surface area contributed by atoms with Gasteiger partial charge >= 0.3 is 7.82 Å². The van der Waals surface area contributed by atoms with Crippen LogP contribution in [0.1, 0.15) is 110 Å². The Labute approximate surface area is 352 Å². The fourth-order valence-electron chi connectivity index (χ4n) is 7.38. The van der Waals surface area contributed by atoms with Crippen LogP contribution in [0.4, 0.5) is 0 Å². The molecule has 0 saturated carbocycles. The lowest BCUT2D eigenvalue weighted by molar-refractivity contribution is -0.138. The number of rotatable bonds is 29. The summed E-state index contributed by atoms with van der Waals surface area (Å²) in [5.41, 5.74) is 7.39. The molecule has 1 unspecified atom stereocenters. The summed E-state index contributed by atoms with van der Waals surface area (Å²) in [6.45, 7) is 5.94. The molecule has 60 heavy (non-hydrogen) atoms. The van der Waals surface area contributed by atoms with E-state index in [2.05, 4.69) is 32.7 Å². The van der Waals surface area contributed by atoms with E-state index in [4.69, 9.17) is 14.8 Å². The summed E-state index contributed by atoms with van der Waals surface area (Å²) in [7, 11) is -4.66. The van der Waals surface area contributed by atoms with E-state index in [0.29, 0.717) is 31.5 Å². The van der Waals surface area contributed by atoms with Gasteiger partial charge in [-0.2, -0.15) is 0 Å². The standard InChI is InChI=1S/C42H65N6O11P/c1-28(2)21-35(46-42(55)37-18-14-19-48(37)30(4)50)38(51)23-32(22-33-25-44-27-45-33)41(54)47-36(26-49)39(52)24-34(40(43)53)29(3)59-60(56,57)58-20-13-8-6-5-7-10-15-31-16-11-9-12-17-31/h9,11-12,16-17,25,27-29,32,34-37,49H,5-8,10,13-15,18-24,26H2,1-4H3,(H2,43,53)(H,44,45)(H,46,55)(H,47,54)(H,56,57)/t29-,32-,34+,35+,36+,37+/m1/s1. The number of benzene rings is 1. The first-order chi connectivity index (χ1) is 28.5. The van der Waals surface area contributed by atoms with Gasteiger partial charge in [0.25, 0.3) is 0 Å². The first-order valence-electron chi connectivity index (χ1n) is 21.0. The largest absolute Gasteiger partial charge is 0.472 e. The number of primary amides is 1. The molecule has 1 aliphatic heterocycles. The number of amides is 4. The van der Waals surface area contributed by atoms with E-state index in [9.17, 15) is 43.3 Å². The van der Waals surface area contributed by atoms with Gasteiger partial charge in [-0.3, -0.25) is 37.8 Å². The summed E-state index contributed by atoms with van der Waals surface area (Å²) < 4.78 is 23.1. The van der Waals surface area contributed by atoms with Crippen LogP contribution in [0.15, 0.2) is 42.9 Å². The molecule has 1 saturated heterocycles. The molecule has 17 nitrogen and oxygen atoms in total. The summed E-state index contributed by atoms with van der Waals surface area (Å²) in [6.07, 6.45) is 8.27.